The molecular formula is C16H16N2. The van der Waals surface area contributed by atoms with E-state index < -0.39 is 0 Å². The van der Waals surface area contributed by atoms with Crippen molar-refractivity contribution in [3.63, 3.8) is 0 Å². The number of anilines is 2. The van der Waals surface area contributed by atoms with Crippen molar-refractivity contribution in [2.75, 3.05) is 10.9 Å². The Morgan fingerprint density at radius 2 is 1.39 bits per heavy atom. The maximum atomic E-state index is 3.75. The highest BCUT2D eigenvalue weighted by atomic mass is 15.4. The number of hydrogen-bond donors (Lipinski definition) is 2. The summed E-state index contributed by atoms with van der Waals surface area (Å²) in [4.78, 5) is 0. The molecule has 2 aromatic rings. The van der Waals surface area contributed by atoms with Gasteiger partial charge in [0.15, 0.2) is 0 Å². The Bertz CT molecular complexity index is 541. The van der Waals surface area contributed by atoms with Crippen molar-refractivity contribution in [2.45, 2.75) is 0 Å². The fourth-order valence-corrected chi connectivity index (χ4v) is 1.59. The molecule has 0 saturated carbocycles. The normalized spacial score (nSPS) is 9.56. The number of hydrazine groups is 1. The zero-order valence-corrected chi connectivity index (χ0v) is 10.2. The minimum absolute atomic E-state index is 1.00. The molecule has 0 saturated heterocycles. The zero-order valence-electron chi connectivity index (χ0n) is 10.2. The molecule has 0 atom stereocenters. The Labute approximate surface area is 108 Å². The summed E-state index contributed by atoms with van der Waals surface area (Å²) in [5.74, 6) is 0. The van der Waals surface area contributed by atoms with Crippen LogP contribution in [0.4, 0.5) is 11.4 Å². The topological polar surface area (TPSA) is 24.1 Å². The summed E-state index contributed by atoms with van der Waals surface area (Å²) in [6, 6.07) is 16.0. The molecule has 2 nitrogen and oxygen atoms in total. The van der Waals surface area contributed by atoms with E-state index in [1.54, 1.807) is 0 Å². The van der Waals surface area contributed by atoms with Crippen molar-refractivity contribution in [2.24, 2.45) is 0 Å². The Morgan fingerprint density at radius 1 is 0.722 bits per heavy atom. The highest BCUT2D eigenvalue weighted by Crippen LogP contribution is 2.14. The SMILES string of the molecule is C=Cc1ccc(NNc2cccc(C=C)c2)cc1. The molecule has 18 heavy (non-hydrogen) atoms. The highest BCUT2D eigenvalue weighted by molar-refractivity contribution is 5.60. The van der Waals surface area contributed by atoms with Crippen molar-refractivity contribution < 1.29 is 0 Å². The summed E-state index contributed by atoms with van der Waals surface area (Å²) in [5, 5.41) is 0. The van der Waals surface area contributed by atoms with E-state index in [1.165, 1.54) is 0 Å². The number of benzene rings is 2. The van der Waals surface area contributed by atoms with Crippen LogP contribution in [0.1, 0.15) is 11.1 Å². The first kappa shape index (κ1) is 12.0. The van der Waals surface area contributed by atoms with Gasteiger partial charge < -0.3 is 10.9 Å². The van der Waals surface area contributed by atoms with E-state index in [0.29, 0.717) is 0 Å². The molecule has 0 bridgehead atoms. The standard InChI is InChI=1S/C16H16N2/c1-3-13-8-10-15(11-9-13)17-18-16-7-5-6-14(4-2)12-16/h3-12,17-18H,1-2H2. The predicted octanol–water partition coefficient (Wildman–Crippen LogP) is 4.41. The first-order chi connectivity index (χ1) is 8.81. The predicted molar refractivity (Wildman–Crippen MR) is 80.3 cm³/mol. The molecule has 0 radical (unpaired) electrons. The van der Waals surface area contributed by atoms with Crippen molar-refractivity contribution in [3.05, 3.63) is 72.8 Å². The van der Waals surface area contributed by atoms with Crippen LogP contribution in [0.2, 0.25) is 0 Å². The molecule has 0 heterocycles. The third-order valence-electron chi connectivity index (χ3n) is 2.62. The lowest BCUT2D eigenvalue weighted by atomic mass is 10.2. The quantitative estimate of drug-likeness (QED) is 0.751. The molecule has 2 rings (SSSR count). The molecule has 2 heteroatoms. The van der Waals surface area contributed by atoms with Crippen LogP contribution in [0.15, 0.2) is 61.7 Å². The Balaban J connectivity index is 2.01. The Hall–Kier alpha value is -2.48. The fraction of sp³-hybridized carbons (Fsp3) is 0. The van der Waals surface area contributed by atoms with E-state index in [0.717, 1.165) is 22.5 Å². The van der Waals surface area contributed by atoms with Gasteiger partial charge in [-0.15, -0.1) is 0 Å². The van der Waals surface area contributed by atoms with Crippen molar-refractivity contribution in [1.29, 1.82) is 0 Å². The molecule has 0 aliphatic carbocycles. The van der Waals surface area contributed by atoms with Gasteiger partial charge in [-0.05, 0) is 35.4 Å². The summed E-state index contributed by atoms with van der Waals surface area (Å²) < 4.78 is 0. The minimum Gasteiger partial charge on any atom is -0.301 e. The van der Waals surface area contributed by atoms with Crippen LogP contribution >= 0.6 is 0 Å². The number of hydrogen-bond acceptors (Lipinski definition) is 2. The van der Waals surface area contributed by atoms with Gasteiger partial charge in [-0.3, -0.25) is 0 Å². The van der Waals surface area contributed by atoms with Gasteiger partial charge in [-0.1, -0.05) is 49.6 Å². The largest absolute Gasteiger partial charge is 0.301 e. The van der Waals surface area contributed by atoms with Gasteiger partial charge in [0, 0.05) is 0 Å². The van der Waals surface area contributed by atoms with Gasteiger partial charge in [0.25, 0.3) is 0 Å². The van der Waals surface area contributed by atoms with Crippen LogP contribution in [0.25, 0.3) is 12.2 Å². The lowest BCUT2D eigenvalue weighted by molar-refractivity contribution is 1.41. The van der Waals surface area contributed by atoms with Crippen LogP contribution < -0.4 is 10.9 Å². The molecular weight excluding hydrogens is 220 g/mol. The molecule has 2 N–H and O–H groups in total. The van der Waals surface area contributed by atoms with E-state index in [4.69, 9.17) is 0 Å². The summed E-state index contributed by atoms with van der Waals surface area (Å²) >= 11 is 0. The van der Waals surface area contributed by atoms with Crippen LogP contribution in [0.5, 0.6) is 0 Å². The van der Waals surface area contributed by atoms with Gasteiger partial charge in [0.2, 0.25) is 0 Å². The number of rotatable bonds is 5. The van der Waals surface area contributed by atoms with Gasteiger partial charge in [-0.25, -0.2) is 0 Å². The molecule has 0 aliphatic heterocycles. The van der Waals surface area contributed by atoms with Crippen LogP contribution in [-0.4, -0.2) is 0 Å². The first-order valence-electron chi connectivity index (χ1n) is 5.79. The van der Waals surface area contributed by atoms with Gasteiger partial charge in [0.1, 0.15) is 0 Å². The maximum absolute atomic E-state index is 3.75. The minimum atomic E-state index is 1.00. The maximum Gasteiger partial charge on any atom is 0.0545 e. The molecule has 2 aromatic carbocycles. The molecule has 0 fully saturated rings. The van der Waals surface area contributed by atoms with Crippen LogP contribution in [0, 0.1) is 0 Å². The van der Waals surface area contributed by atoms with E-state index in [9.17, 15) is 0 Å². The fourth-order valence-electron chi connectivity index (χ4n) is 1.59. The summed E-state index contributed by atoms with van der Waals surface area (Å²) in [6.45, 7) is 7.48. The van der Waals surface area contributed by atoms with Crippen molar-refractivity contribution in [3.8, 4) is 0 Å². The van der Waals surface area contributed by atoms with E-state index in [2.05, 4.69) is 24.0 Å². The lowest BCUT2D eigenvalue weighted by Gasteiger charge is -2.10. The van der Waals surface area contributed by atoms with E-state index >= 15 is 0 Å². The third-order valence-corrected chi connectivity index (χ3v) is 2.62. The van der Waals surface area contributed by atoms with Crippen LogP contribution in [-0.2, 0) is 0 Å². The molecule has 0 amide bonds. The Kier molecular flexibility index (Phi) is 3.82. The second kappa shape index (κ2) is 5.73. The van der Waals surface area contributed by atoms with Gasteiger partial charge >= 0.3 is 0 Å². The smallest absolute Gasteiger partial charge is 0.0545 e. The monoisotopic (exact) mass is 236 g/mol. The van der Waals surface area contributed by atoms with Crippen LogP contribution in [0.3, 0.4) is 0 Å². The Morgan fingerprint density at radius 3 is 2.06 bits per heavy atom. The van der Waals surface area contributed by atoms with Gasteiger partial charge in [-0.2, -0.15) is 0 Å². The lowest BCUT2D eigenvalue weighted by Crippen LogP contribution is -2.08. The van der Waals surface area contributed by atoms with E-state index in [1.807, 2.05) is 60.7 Å². The average Bonchev–Trinajstić information content (AvgIpc) is 2.46. The molecule has 90 valence electrons. The summed E-state index contributed by atoms with van der Waals surface area (Å²) in [6.07, 6.45) is 3.65. The number of nitrogens with one attached hydrogen (secondary N) is 2. The zero-order chi connectivity index (χ0) is 12.8. The molecule has 0 spiro atoms. The van der Waals surface area contributed by atoms with Crippen molar-refractivity contribution in [1.82, 2.24) is 0 Å². The second-order valence-corrected chi connectivity index (χ2v) is 3.91. The van der Waals surface area contributed by atoms with E-state index in [-0.39, 0.29) is 0 Å². The highest BCUT2D eigenvalue weighted by Gasteiger charge is 1.94. The second-order valence-electron chi connectivity index (χ2n) is 3.91. The average molecular weight is 236 g/mol. The van der Waals surface area contributed by atoms with Crippen molar-refractivity contribution >= 4 is 23.5 Å². The molecule has 0 unspecified atom stereocenters. The molecule has 0 aliphatic rings. The summed E-state index contributed by atoms with van der Waals surface area (Å²) in [7, 11) is 0. The van der Waals surface area contributed by atoms with Gasteiger partial charge in [0.05, 0.1) is 11.4 Å². The third kappa shape index (κ3) is 3.01. The first-order valence-corrected chi connectivity index (χ1v) is 5.79. The molecule has 0 aromatic heterocycles. The summed E-state index contributed by atoms with van der Waals surface area (Å²) in [5.41, 5.74) is 10.5.